The van der Waals surface area contributed by atoms with E-state index in [9.17, 15) is 4.79 Å². The minimum absolute atomic E-state index is 0.623. The van der Waals surface area contributed by atoms with Crippen LogP contribution in [-0.4, -0.2) is 12.1 Å². The van der Waals surface area contributed by atoms with Gasteiger partial charge in [0.05, 0.1) is 0 Å². The maximum absolute atomic E-state index is 9.92. The van der Waals surface area contributed by atoms with Gasteiger partial charge in [0.25, 0.3) is 0 Å². The highest BCUT2D eigenvalue weighted by atomic mass is 16.1. The summed E-state index contributed by atoms with van der Waals surface area (Å²) in [5, 5.41) is 3.96. The summed E-state index contributed by atoms with van der Waals surface area (Å²) in [6.07, 6.45) is 7.79. The summed E-state index contributed by atoms with van der Waals surface area (Å²) >= 11 is 0. The Kier molecular flexibility index (Phi) is 3.65. The largest absolute Gasteiger partial charge is 0.277 e. The fourth-order valence-corrected chi connectivity index (χ4v) is 1.37. The molecule has 11 heavy (non-hydrogen) atoms. The molecule has 1 fully saturated rings. The van der Waals surface area contributed by atoms with E-state index in [0.717, 1.165) is 18.6 Å². The van der Waals surface area contributed by atoms with Crippen LogP contribution >= 0.6 is 0 Å². The first-order chi connectivity index (χ1) is 5.43. The smallest absolute Gasteiger partial charge is 0.227 e. The lowest BCUT2D eigenvalue weighted by Gasteiger charge is -1.98. The summed E-state index contributed by atoms with van der Waals surface area (Å²) in [5.74, 6) is 0. The Morgan fingerprint density at radius 3 is 2.36 bits per heavy atom. The maximum Gasteiger partial charge on any atom is 0.227 e. The Hall–Kier alpha value is -0.860. The van der Waals surface area contributed by atoms with Gasteiger partial charge in [-0.2, -0.15) is 5.10 Å². The van der Waals surface area contributed by atoms with Crippen molar-refractivity contribution >= 4 is 12.1 Å². The van der Waals surface area contributed by atoms with Gasteiger partial charge in [-0.3, -0.25) is 4.79 Å². The third-order valence-corrected chi connectivity index (χ3v) is 1.96. The van der Waals surface area contributed by atoms with Crippen molar-refractivity contribution in [2.75, 3.05) is 0 Å². The molecular weight excluding hydrogens is 140 g/mol. The lowest BCUT2D eigenvalue weighted by atomic mass is 10.2. The molecule has 0 radical (unpaired) electrons. The number of carbonyl (C=O) groups is 1. The number of amides is 1. The normalized spacial score (nSPS) is 18.7. The molecular formula is C8H14N2O. The number of nitrogens with one attached hydrogen (secondary N) is 1. The highest BCUT2D eigenvalue weighted by Gasteiger charge is 2.04. The Morgan fingerprint density at radius 2 is 1.82 bits per heavy atom. The monoisotopic (exact) mass is 154 g/mol. The molecule has 0 aromatic carbocycles. The molecule has 0 aliphatic heterocycles. The van der Waals surface area contributed by atoms with Gasteiger partial charge in [0.1, 0.15) is 0 Å². The van der Waals surface area contributed by atoms with Crippen molar-refractivity contribution in [1.29, 1.82) is 0 Å². The number of carbonyl (C=O) groups excluding carboxylic acids is 1. The van der Waals surface area contributed by atoms with Crippen molar-refractivity contribution in [3.05, 3.63) is 0 Å². The van der Waals surface area contributed by atoms with Gasteiger partial charge in [-0.1, -0.05) is 12.8 Å². The van der Waals surface area contributed by atoms with Gasteiger partial charge in [-0.25, -0.2) is 5.43 Å². The van der Waals surface area contributed by atoms with E-state index in [1.54, 1.807) is 0 Å². The molecule has 1 N–H and O–H groups in total. The van der Waals surface area contributed by atoms with Gasteiger partial charge in [0.15, 0.2) is 0 Å². The zero-order chi connectivity index (χ0) is 7.94. The second-order valence-corrected chi connectivity index (χ2v) is 2.84. The van der Waals surface area contributed by atoms with Crippen molar-refractivity contribution in [2.45, 2.75) is 38.5 Å². The quantitative estimate of drug-likeness (QED) is 0.365. The molecule has 1 aliphatic carbocycles. The van der Waals surface area contributed by atoms with E-state index in [0.29, 0.717) is 6.41 Å². The second-order valence-electron chi connectivity index (χ2n) is 2.84. The predicted molar refractivity (Wildman–Crippen MR) is 44.3 cm³/mol. The predicted octanol–water partition coefficient (Wildman–Crippen LogP) is 1.44. The molecule has 1 aliphatic rings. The SMILES string of the molecule is O=CNN=C1CCCCCC1. The fraction of sp³-hybridized carbons (Fsp3) is 0.750. The molecule has 3 nitrogen and oxygen atoms in total. The Balaban J connectivity index is 2.35. The summed E-state index contributed by atoms with van der Waals surface area (Å²) in [4.78, 5) is 9.92. The highest BCUT2D eigenvalue weighted by Crippen LogP contribution is 2.14. The van der Waals surface area contributed by atoms with Gasteiger partial charge in [0.2, 0.25) is 6.41 Å². The van der Waals surface area contributed by atoms with E-state index in [1.165, 1.54) is 25.7 Å². The number of hydrogen-bond donors (Lipinski definition) is 1. The molecule has 0 heterocycles. The molecule has 0 aromatic heterocycles. The standard InChI is InChI=1S/C8H14N2O/c11-7-9-10-8-5-3-1-2-4-6-8/h7H,1-6H2,(H,9,11). The molecule has 0 bridgehead atoms. The van der Waals surface area contributed by atoms with Crippen LogP contribution in [0.5, 0.6) is 0 Å². The first-order valence-electron chi connectivity index (χ1n) is 4.18. The lowest BCUT2D eigenvalue weighted by Crippen LogP contribution is -2.07. The Morgan fingerprint density at radius 1 is 1.18 bits per heavy atom. The molecule has 62 valence electrons. The van der Waals surface area contributed by atoms with Gasteiger partial charge in [0, 0.05) is 5.71 Å². The van der Waals surface area contributed by atoms with Gasteiger partial charge >= 0.3 is 0 Å². The van der Waals surface area contributed by atoms with Gasteiger partial charge in [-0.15, -0.1) is 0 Å². The van der Waals surface area contributed by atoms with Crippen molar-refractivity contribution in [3.8, 4) is 0 Å². The summed E-state index contributed by atoms with van der Waals surface area (Å²) in [6.45, 7) is 0. The van der Waals surface area contributed by atoms with Crippen molar-refractivity contribution in [2.24, 2.45) is 5.10 Å². The third-order valence-electron chi connectivity index (χ3n) is 1.96. The average Bonchev–Trinajstić information content (AvgIpc) is 2.28. The van der Waals surface area contributed by atoms with Gasteiger partial charge < -0.3 is 0 Å². The molecule has 1 rings (SSSR count). The molecule has 0 atom stereocenters. The van der Waals surface area contributed by atoms with E-state index < -0.39 is 0 Å². The average molecular weight is 154 g/mol. The molecule has 1 saturated carbocycles. The minimum atomic E-state index is 0.623. The molecule has 0 spiro atoms. The molecule has 0 unspecified atom stereocenters. The Bertz CT molecular complexity index is 144. The van der Waals surface area contributed by atoms with E-state index in [1.807, 2.05) is 0 Å². The zero-order valence-electron chi connectivity index (χ0n) is 6.68. The van der Waals surface area contributed by atoms with Gasteiger partial charge in [-0.05, 0) is 25.7 Å². The topological polar surface area (TPSA) is 41.5 Å². The number of rotatable bonds is 2. The van der Waals surface area contributed by atoms with E-state index in [2.05, 4.69) is 10.5 Å². The zero-order valence-corrected chi connectivity index (χ0v) is 6.68. The van der Waals surface area contributed by atoms with E-state index in [4.69, 9.17) is 0 Å². The maximum atomic E-state index is 9.92. The third kappa shape index (κ3) is 3.16. The summed E-state index contributed by atoms with van der Waals surface area (Å²) < 4.78 is 0. The molecule has 0 aromatic rings. The van der Waals surface area contributed by atoms with Crippen LogP contribution in [0.1, 0.15) is 38.5 Å². The van der Waals surface area contributed by atoms with E-state index >= 15 is 0 Å². The van der Waals surface area contributed by atoms with Crippen LogP contribution in [0.4, 0.5) is 0 Å². The Labute approximate surface area is 66.9 Å². The summed E-state index contributed by atoms with van der Waals surface area (Å²) in [6, 6.07) is 0. The minimum Gasteiger partial charge on any atom is -0.277 e. The lowest BCUT2D eigenvalue weighted by molar-refractivity contribution is -0.109. The molecule has 1 amide bonds. The van der Waals surface area contributed by atoms with Crippen molar-refractivity contribution in [1.82, 2.24) is 5.43 Å². The van der Waals surface area contributed by atoms with Crippen LogP contribution in [0.25, 0.3) is 0 Å². The number of hydrazone groups is 1. The van der Waals surface area contributed by atoms with Crippen LogP contribution in [0.3, 0.4) is 0 Å². The first-order valence-corrected chi connectivity index (χ1v) is 4.18. The van der Waals surface area contributed by atoms with Crippen LogP contribution in [-0.2, 0) is 4.79 Å². The number of nitrogens with zero attached hydrogens (tertiary/aromatic N) is 1. The highest BCUT2D eigenvalue weighted by molar-refractivity contribution is 5.84. The van der Waals surface area contributed by atoms with Crippen molar-refractivity contribution in [3.63, 3.8) is 0 Å². The fourth-order valence-electron chi connectivity index (χ4n) is 1.37. The van der Waals surface area contributed by atoms with Crippen LogP contribution in [0, 0.1) is 0 Å². The first kappa shape index (κ1) is 8.24. The van der Waals surface area contributed by atoms with Crippen molar-refractivity contribution < 1.29 is 4.79 Å². The second kappa shape index (κ2) is 4.88. The van der Waals surface area contributed by atoms with Crippen LogP contribution < -0.4 is 5.43 Å². The van der Waals surface area contributed by atoms with E-state index in [-0.39, 0.29) is 0 Å². The molecule has 3 heteroatoms. The summed E-state index contributed by atoms with van der Waals surface area (Å²) in [7, 11) is 0. The van der Waals surface area contributed by atoms with Crippen LogP contribution in [0.2, 0.25) is 0 Å². The molecule has 0 saturated heterocycles. The van der Waals surface area contributed by atoms with Crippen LogP contribution in [0.15, 0.2) is 5.10 Å². The summed E-state index contributed by atoms with van der Waals surface area (Å²) in [5.41, 5.74) is 3.50. The number of hydrogen-bond acceptors (Lipinski definition) is 2.